The molecule has 0 unspecified atom stereocenters. The van der Waals surface area contributed by atoms with Gasteiger partial charge in [-0.05, 0) is 6.92 Å². The number of aryl methyl sites for hydroxylation is 1. The van der Waals surface area contributed by atoms with E-state index in [0.717, 1.165) is 11.3 Å². The summed E-state index contributed by atoms with van der Waals surface area (Å²) in [4.78, 5) is 37.1. The molecular formula is C11H15N3O4S. The number of rotatable bonds is 6. The lowest BCUT2D eigenvalue weighted by Crippen LogP contribution is -2.29. The van der Waals surface area contributed by atoms with Gasteiger partial charge in [0.1, 0.15) is 9.88 Å². The molecule has 0 spiro atoms. The molecule has 0 aromatic carbocycles. The van der Waals surface area contributed by atoms with Gasteiger partial charge in [0.25, 0.3) is 0 Å². The molecule has 0 saturated heterocycles. The van der Waals surface area contributed by atoms with Crippen molar-refractivity contribution in [2.75, 3.05) is 6.54 Å². The maximum Gasteiger partial charge on any atom is 0.347 e. The number of carbonyl (C=O) groups excluding carboxylic acids is 2. The summed E-state index contributed by atoms with van der Waals surface area (Å²) in [6, 6.07) is 0. The van der Waals surface area contributed by atoms with E-state index in [1.54, 1.807) is 6.92 Å². The zero-order chi connectivity index (χ0) is 14.4. The Labute approximate surface area is 114 Å². The van der Waals surface area contributed by atoms with Crippen LogP contribution in [0.3, 0.4) is 0 Å². The molecular weight excluding hydrogens is 270 g/mol. The predicted molar refractivity (Wildman–Crippen MR) is 69.0 cm³/mol. The molecule has 1 aromatic rings. The fraction of sp³-hybridized carbons (Fsp3) is 0.455. The second-order valence-corrected chi connectivity index (χ2v) is 4.92. The monoisotopic (exact) mass is 285 g/mol. The first kappa shape index (κ1) is 15.1. The van der Waals surface area contributed by atoms with Crippen LogP contribution < -0.4 is 10.6 Å². The summed E-state index contributed by atoms with van der Waals surface area (Å²) >= 11 is 1.04. The number of carboxylic acid groups (broad SMARTS) is 1. The third-order valence-corrected chi connectivity index (χ3v) is 3.34. The van der Waals surface area contributed by atoms with Gasteiger partial charge >= 0.3 is 5.97 Å². The van der Waals surface area contributed by atoms with Crippen molar-refractivity contribution in [1.29, 1.82) is 0 Å². The van der Waals surface area contributed by atoms with Gasteiger partial charge in [0.15, 0.2) is 0 Å². The van der Waals surface area contributed by atoms with Crippen LogP contribution in [0.2, 0.25) is 0 Å². The van der Waals surface area contributed by atoms with Crippen LogP contribution in [0.15, 0.2) is 0 Å². The number of aromatic nitrogens is 1. The zero-order valence-corrected chi connectivity index (χ0v) is 11.5. The van der Waals surface area contributed by atoms with E-state index in [1.807, 2.05) is 0 Å². The molecule has 1 heterocycles. The second-order valence-electron chi connectivity index (χ2n) is 3.84. The molecule has 0 atom stereocenters. The van der Waals surface area contributed by atoms with Gasteiger partial charge in [0.05, 0.1) is 12.2 Å². The quantitative estimate of drug-likeness (QED) is 0.696. The zero-order valence-electron chi connectivity index (χ0n) is 10.6. The summed E-state index contributed by atoms with van der Waals surface area (Å²) in [6.45, 7) is 3.46. The predicted octanol–water partition coefficient (Wildman–Crippen LogP) is 0.292. The van der Waals surface area contributed by atoms with Crippen molar-refractivity contribution in [1.82, 2.24) is 15.6 Å². The highest BCUT2D eigenvalue weighted by Crippen LogP contribution is 2.17. The van der Waals surface area contributed by atoms with Crippen molar-refractivity contribution in [2.24, 2.45) is 0 Å². The number of hydrogen-bond acceptors (Lipinski definition) is 5. The number of hydrogen-bond donors (Lipinski definition) is 3. The van der Waals surface area contributed by atoms with E-state index in [0.29, 0.717) is 10.7 Å². The number of amides is 2. The first-order valence-electron chi connectivity index (χ1n) is 5.61. The molecule has 0 aliphatic heterocycles. The summed E-state index contributed by atoms with van der Waals surface area (Å²) in [5.41, 5.74) is 0.444. The molecule has 19 heavy (non-hydrogen) atoms. The van der Waals surface area contributed by atoms with Gasteiger partial charge in [-0.3, -0.25) is 9.59 Å². The molecule has 1 aromatic heterocycles. The lowest BCUT2D eigenvalue weighted by molar-refractivity contribution is -0.121. The minimum atomic E-state index is -1.02. The summed E-state index contributed by atoms with van der Waals surface area (Å²) in [7, 11) is 0. The summed E-state index contributed by atoms with van der Waals surface area (Å²) in [6.07, 6.45) is 0.176. The highest BCUT2D eigenvalue weighted by molar-refractivity contribution is 7.13. The Morgan fingerprint density at radius 3 is 2.53 bits per heavy atom. The summed E-state index contributed by atoms with van der Waals surface area (Å²) in [5, 5.41) is 14.5. The van der Waals surface area contributed by atoms with Crippen molar-refractivity contribution < 1.29 is 19.5 Å². The molecule has 0 saturated carbocycles. The van der Waals surface area contributed by atoms with Crippen molar-refractivity contribution in [3.05, 3.63) is 15.6 Å². The van der Waals surface area contributed by atoms with Crippen molar-refractivity contribution in [3.8, 4) is 0 Å². The van der Waals surface area contributed by atoms with E-state index in [4.69, 9.17) is 5.11 Å². The molecule has 7 nitrogen and oxygen atoms in total. The number of nitrogens with zero attached hydrogens (tertiary/aromatic N) is 1. The molecule has 104 valence electrons. The average molecular weight is 285 g/mol. The molecule has 0 bridgehead atoms. The Balaban J connectivity index is 2.40. The molecule has 2 amide bonds. The van der Waals surface area contributed by atoms with Crippen LogP contribution in [-0.2, 0) is 16.1 Å². The Morgan fingerprint density at radius 2 is 2.00 bits per heavy atom. The Bertz CT molecular complexity index is 498. The number of carbonyl (C=O) groups is 3. The smallest absolute Gasteiger partial charge is 0.347 e. The van der Waals surface area contributed by atoms with Gasteiger partial charge < -0.3 is 15.7 Å². The minimum absolute atomic E-state index is 0.176. The van der Waals surface area contributed by atoms with E-state index in [9.17, 15) is 14.4 Å². The number of carboxylic acids is 1. The van der Waals surface area contributed by atoms with Crippen molar-refractivity contribution in [3.63, 3.8) is 0 Å². The van der Waals surface area contributed by atoms with E-state index in [-0.39, 0.29) is 36.2 Å². The summed E-state index contributed by atoms with van der Waals surface area (Å²) < 4.78 is 0. The van der Waals surface area contributed by atoms with Crippen LogP contribution in [0.25, 0.3) is 0 Å². The van der Waals surface area contributed by atoms with Gasteiger partial charge in [0.2, 0.25) is 11.8 Å². The fourth-order valence-electron chi connectivity index (χ4n) is 1.34. The van der Waals surface area contributed by atoms with Crippen LogP contribution in [0.5, 0.6) is 0 Å². The third-order valence-electron chi connectivity index (χ3n) is 2.20. The van der Waals surface area contributed by atoms with Crippen LogP contribution in [0.4, 0.5) is 0 Å². The SMILES string of the molecule is CC(=O)NCCC(=O)NCc1nc(C)c(C(=O)O)s1. The second kappa shape index (κ2) is 6.83. The van der Waals surface area contributed by atoms with Crippen LogP contribution in [0.1, 0.15) is 33.7 Å². The highest BCUT2D eigenvalue weighted by Gasteiger charge is 2.14. The van der Waals surface area contributed by atoms with Gasteiger partial charge in [-0.1, -0.05) is 0 Å². The van der Waals surface area contributed by atoms with E-state index >= 15 is 0 Å². The van der Waals surface area contributed by atoms with Crippen LogP contribution in [-0.4, -0.2) is 34.4 Å². The first-order valence-corrected chi connectivity index (χ1v) is 6.42. The maximum atomic E-state index is 11.4. The van der Waals surface area contributed by atoms with E-state index in [1.165, 1.54) is 6.92 Å². The molecule has 0 fully saturated rings. The van der Waals surface area contributed by atoms with E-state index < -0.39 is 5.97 Å². The lowest BCUT2D eigenvalue weighted by atomic mass is 10.4. The number of thiazole rings is 1. The third kappa shape index (κ3) is 5.04. The largest absolute Gasteiger partial charge is 0.477 e. The average Bonchev–Trinajstić information content (AvgIpc) is 2.67. The maximum absolute atomic E-state index is 11.4. The Kier molecular flexibility index (Phi) is 5.43. The van der Waals surface area contributed by atoms with Gasteiger partial charge in [-0.25, -0.2) is 9.78 Å². The first-order chi connectivity index (χ1) is 8.90. The topological polar surface area (TPSA) is 108 Å². The normalized spacial score (nSPS) is 10.0. The van der Waals surface area contributed by atoms with Gasteiger partial charge in [0, 0.05) is 19.9 Å². The lowest BCUT2D eigenvalue weighted by Gasteiger charge is -2.03. The highest BCUT2D eigenvalue weighted by atomic mass is 32.1. The molecule has 0 radical (unpaired) electrons. The van der Waals surface area contributed by atoms with Crippen molar-refractivity contribution >= 4 is 29.1 Å². The van der Waals surface area contributed by atoms with Crippen LogP contribution in [0, 0.1) is 6.92 Å². The molecule has 8 heteroatoms. The standard InChI is InChI=1S/C11H15N3O4S/c1-6-10(11(17)18)19-9(14-6)5-13-8(16)3-4-12-7(2)15/h3-5H2,1-2H3,(H,12,15)(H,13,16)(H,17,18). The minimum Gasteiger partial charge on any atom is -0.477 e. The van der Waals surface area contributed by atoms with E-state index in [2.05, 4.69) is 15.6 Å². The molecule has 0 aliphatic carbocycles. The molecule has 1 rings (SSSR count). The fourth-order valence-corrected chi connectivity index (χ4v) is 2.18. The Hall–Kier alpha value is -1.96. The number of nitrogens with one attached hydrogen (secondary N) is 2. The molecule has 3 N–H and O–H groups in total. The van der Waals surface area contributed by atoms with Gasteiger partial charge in [-0.15, -0.1) is 11.3 Å². The van der Waals surface area contributed by atoms with Gasteiger partial charge in [-0.2, -0.15) is 0 Å². The van der Waals surface area contributed by atoms with Crippen LogP contribution >= 0.6 is 11.3 Å². The molecule has 0 aliphatic rings. The van der Waals surface area contributed by atoms with Crippen molar-refractivity contribution in [2.45, 2.75) is 26.8 Å². The number of aromatic carboxylic acids is 1. The Morgan fingerprint density at radius 1 is 1.32 bits per heavy atom. The summed E-state index contributed by atoms with van der Waals surface area (Å²) in [5.74, 6) is -1.42.